The maximum atomic E-state index is 13.3. The highest BCUT2D eigenvalue weighted by molar-refractivity contribution is 5.92. The average molecular weight is 465 g/mol. The van der Waals surface area contributed by atoms with Crippen molar-refractivity contribution in [1.29, 1.82) is 5.26 Å². The molecule has 4 aliphatic rings. The number of rotatable bonds is 4. The number of carbonyl (C=O) groups excluding carboxylic acids is 1. The second kappa shape index (κ2) is 8.59. The first kappa shape index (κ1) is 23.7. The minimum absolute atomic E-state index is 0.00224. The number of fused-ring (bicyclic) bond motifs is 5. The Bertz CT molecular complexity index is 974. The summed E-state index contributed by atoms with van der Waals surface area (Å²) in [5.74, 6) is 3.15. The predicted molar refractivity (Wildman–Crippen MR) is 130 cm³/mol. The molecule has 2 N–H and O–H groups in total. The molecule has 6 nitrogen and oxygen atoms in total. The molecule has 0 spiro atoms. The maximum absolute atomic E-state index is 13.3. The van der Waals surface area contributed by atoms with Crippen LogP contribution in [0.2, 0.25) is 0 Å². The number of aromatic nitrogens is 2. The Morgan fingerprint density at radius 2 is 1.88 bits per heavy atom. The van der Waals surface area contributed by atoms with Gasteiger partial charge in [-0.25, -0.2) is 9.97 Å². The van der Waals surface area contributed by atoms with Crippen LogP contribution in [-0.2, 0) is 4.79 Å². The Morgan fingerprint density at radius 1 is 1.09 bits per heavy atom. The molecular formula is C28H40N4O2. The summed E-state index contributed by atoms with van der Waals surface area (Å²) < 4.78 is 0. The van der Waals surface area contributed by atoms with Gasteiger partial charge in [-0.3, -0.25) is 4.79 Å². The average Bonchev–Trinajstić information content (AvgIpc) is 3.18. The molecule has 1 heterocycles. The fourth-order valence-corrected chi connectivity index (χ4v) is 9.11. The van der Waals surface area contributed by atoms with Gasteiger partial charge in [-0.1, -0.05) is 27.2 Å². The zero-order valence-corrected chi connectivity index (χ0v) is 21.0. The molecule has 0 aromatic carbocycles. The molecule has 4 fully saturated rings. The largest absolute Gasteiger partial charge is 0.390 e. The third-order valence-electron chi connectivity index (χ3n) is 10.9. The zero-order chi connectivity index (χ0) is 24.1. The van der Waals surface area contributed by atoms with Crippen molar-refractivity contribution in [2.45, 2.75) is 97.0 Å². The van der Waals surface area contributed by atoms with Crippen LogP contribution in [-0.4, -0.2) is 26.6 Å². The number of amides is 1. The summed E-state index contributed by atoms with van der Waals surface area (Å²) in [6.45, 7) is 7.08. The topological polar surface area (TPSA) is 98.9 Å². The molecule has 0 radical (unpaired) electrons. The van der Waals surface area contributed by atoms with Crippen LogP contribution < -0.4 is 5.32 Å². The number of carbonyl (C=O) groups is 1. The highest BCUT2D eigenvalue weighted by atomic mass is 16.3. The lowest BCUT2D eigenvalue weighted by Gasteiger charge is -2.62. The van der Waals surface area contributed by atoms with Crippen LogP contribution in [0, 0.1) is 51.8 Å². The van der Waals surface area contributed by atoms with E-state index in [1.54, 1.807) is 0 Å². The van der Waals surface area contributed by atoms with E-state index in [9.17, 15) is 9.90 Å². The van der Waals surface area contributed by atoms with E-state index < -0.39 is 5.60 Å². The molecule has 5 rings (SSSR count). The number of hydrogen-bond donors (Lipinski definition) is 2. The van der Waals surface area contributed by atoms with E-state index in [2.05, 4.69) is 36.1 Å². The molecule has 0 saturated heterocycles. The SMILES string of the molecule is CCC[C@@]1(O)CC[C@@]2(C)[C@H](CC[C@@H]3[C@@H]2CC[C@]2(C)[C@@H](C(=O)Nc4cnc(C#N)cn4)CC[C@@H]32)C1. The molecule has 6 heteroatoms. The summed E-state index contributed by atoms with van der Waals surface area (Å²) in [5.41, 5.74) is 0.179. The smallest absolute Gasteiger partial charge is 0.229 e. The number of anilines is 1. The molecule has 1 amide bonds. The number of nitriles is 1. The van der Waals surface area contributed by atoms with Crippen molar-refractivity contribution in [3.8, 4) is 6.07 Å². The molecule has 34 heavy (non-hydrogen) atoms. The van der Waals surface area contributed by atoms with Crippen molar-refractivity contribution >= 4 is 11.7 Å². The van der Waals surface area contributed by atoms with Crippen LogP contribution in [0.25, 0.3) is 0 Å². The van der Waals surface area contributed by atoms with Crippen LogP contribution in [0.4, 0.5) is 5.82 Å². The third-order valence-corrected chi connectivity index (χ3v) is 10.9. The first-order valence-electron chi connectivity index (χ1n) is 13.5. The fraction of sp³-hybridized carbons (Fsp3) is 0.786. The van der Waals surface area contributed by atoms with E-state index in [0.29, 0.717) is 29.0 Å². The van der Waals surface area contributed by atoms with E-state index in [-0.39, 0.29) is 22.9 Å². The quantitative estimate of drug-likeness (QED) is 0.615. The number of nitrogens with one attached hydrogen (secondary N) is 1. The van der Waals surface area contributed by atoms with Gasteiger partial charge in [0.15, 0.2) is 11.5 Å². The van der Waals surface area contributed by atoms with Crippen molar-refractivity contribution in [3.63, 3.8) is 0 Å². The van der Waals surface area contributed by atoms with E-state index in [1.807, 2.05) is 6.07 Å². The van der Waals surface area contributed by atoms with Crippen LogP contribution >= 0.6 is 0 Å². The van der Waals surface area contributed by atoms with Gasteiger partial charge in [0, 0.05) is 5.92 Å². The monoisotopic (exact) mass is 464 g/mol. The van der Waals surface area contributed by atoms with E-state index in [4.69, 9.17) is 5.26 Å². The Hall–Kier alpha value is -2.00. The summed E-state index contributed by atoms with van der Waals surface area (Å²) in [7, 11) is 0. The number of aliphatic hydroxyl groups is 1. The van der Waals surface area contributed by atoms with Crippen molar-refractivity contribution in [2.75, 3.05) is 5.32 Å². The fourth-order valence-electron chi connectivity index (χ4n) is 9.11. The molecule has 4 saturated carbocycles. The van der Waals surface area contributed by atoms with Gasteiger partial charge in [-0.2, -0.15) is 5.26 Å². The van der Waals surface area contributed by atoms with Gasteiger partial charge in [0.2, 0.25) is 5.91 Å². The predicted octanol–water partition coefficient (Wildman–Crippen LogP) is 5.48. The molecular weight excluding hydrogens is 424 g/mol. The normalized spacial score (nSPS) is 43.2. The minimum atomic E-state index is -0.445. The van der Waals surface area contributed by atoms with Crippen LogP contribution in [0.5, 0.6) is 0 Å². The van der Waals surface area contributed by atoms with Crippen molar-refractivity contribution in [2.24, 2.45) is 40.4 Å². The lowest BCUT2D eigenvalue weighted by Crippen LogP contribution is -2.56. The van der Waals surface area contributed by atoms with Gasteiger partial charge in [-0.05, 0) is 98.7 Å². The van der Waals surface area contributed by atoms with Gasteiger partial charge >= 0.3 is 0 Å². The van der Waals surface area contributed by atoms with E-state index in [0.717, 1.165) is 57.3 Å². The second-order valence-corrected chi connectivity index (χ2v) is 12.4. The van der Waals surface area contributed by atoms with E-state index >= 15 is 0 Å². The Morgan fingerprint density at radius 3 is 2.59 bits per heavy atom. The van der Waals surface area contributed by atoms with Gasteiger partial charge in [-0.15, -0.1) is 0 Å². The van der Waals surface area contributed by atoms with Gasteiger partial charge < -0.3 is 10.4 Å². The Labute approximate surface area is 204 Å². The third kappa shape index (κ3) is 3.75. The lowest BCUT2D eigenvalue weighted by atomic mass is 9.43. The summed E-state index contributed by atoms with van der Waals surface area (Å²) in [5, 5.41) is 23.1. The van der Waals surface area contributed by atoms with Gasteiger partial charge in [0.25, 0.3) is 0 Å². The molecule has 1 aromatic rings. The highest BCUT2D eigenvalue weighted by Gasteiger charge is 2.62. The van der Waals surface area contributed by atoms with Crippen molar-refractivity contribution < 1.29 is 9.90 Å². The maximum Gasteiger partial charge on any atom is 0.229 e. The Balaban J connectivity index is 1.30. The summed E-state index contributed by atoms with van der Waals surface area (Å²) >= 11 is 0. The number of hydrogen-bond acceptors (Lipinski definition) is 5. The lowest BCUT2D eigenvalue weighted by molar-refractivity contribution is -0.154. The number of nitrogens with zero attached hydrogens (tertiary/aromatic N) is 3. The molecule has 1 aromatic heterocycles. The first-order chi connectivity index (χ1) is 16.2. The summed E-state index contributed by atoms with van der Waals surface area (Å²) in [6, 6.07) is 1.97. The highest BCUT2D eigenvalue weighted by Crippen LogP contribution is 2.68. The van der Waals surface area contributed by atoms with E-state index in [1.165, 1.54) is 31.7 Å². The Kier molecular flexibility index (Phi) is 5.99. The molecule has 184 valence electrons. The molecule has 8 atom stereocenters. The standard InChI is InChI=1S/C28H40N4O2/c1-4-10-28(34)13-12-26(2)18(14-28)5-6-20-21-7-8-23(27(21,3)11-9-22(20)26)25(33)32-24-17-30-19(15-29)16-31-24/h16-18,20-23,34H,4-14H2,1-3H3,(H,31,32,33)/t18-,20+,21+,22+,23-,26+,27+,28-/m1/s1. The molecule has 4 aliphatic carbocycles. The van der Waals surface area contributed by atoms with Crippen LogP contribution in [0.3, 0.4) is 0 Å². The van der Waals surface area contributed by atoms with Crippen LogP contribution in [0.15, 0.2) is 12.4 Å². The molecule has 0 bridgehead atoms. The first-order valence-corrected chi connectivity index (χ1v) is 13.5. The van der Waals surface area contributed by atoms with Gasteiger partial charge in [0.05, 0.1) is 18.0 Å². The summed E-state index contributed by atoms with van der Waals surface area (Å²) in [6.07, 6.45) is 14.8. The molecule has 0 aliphatic heterocycles. The molecule has 0 unspecified atom stereocenters. The zero-order valence-electron chi connectivity index (χ0n) is 21.0. The van der Waals surface area contributed by atoms with Gasteiger partial charge in [0.1, 0.15) is 6.07 Å². The van der Waals surface area contributed by atoms with Crippen molar-refractivity contribution in [3.05, 3.63) is 18.1 Å². The minimum Gasteiger partial charge on any atom is -0.390 e. The second-order valence-electron chi connectivity index (χ2n) is 12.4. The van der Waals surface area contributed by atoms with Crippen molar-refractivity contribution in [1.82, 2.24) is 9.97 Å². The van der Waals surface area contributed by atoms with Crippen LogP contribution in [0.1, 0.15) is 97.1 Å². The summed E-state index contributed by atoms with van der Waals surface area (Å²) in [4.78, 5) is 21.6.